The second-order valence-corrected chi connectivity index (χ2v) is 5.34. The molecule has 0 aliphatic carbocycles. The standard InChI is InChI=1S/C17H17N3O3S/c1-11-6-5-7-12(10-11)15(21)18-17(24)20-19-16(22)13-8-3-4-9-14(13)23-2/h3-10H,1-2H3,(H,19,22)(H2,18,20,21,24). The fraction of sp³-hybridized carbons (Fsp3) is 0.118. The molecule has 0 saturated heterocycles. The molecule has 0 bridgehead atoms. The first-order valence-electron chi connectivity index (χ1n) is 7.12. The van der Waals surface area contributed by atoms with Gasteiger partial charge in [-0.1, -0.05) is 29.8 Å². The minimum absolute atomic E-state index is 0.00949. The zero-order valence-corrected chi connectivity index (χ0v) is 14.1. The first-order valence-corrected chi connectivity index (χ1v) is 7.53. The number of carbonyl (C=O) groups excluding carboxylic acids is 2. The van der Waals surface area contributed by atoms with Crippen LogP contribution in [0.1, 0.15) is 26.3 Å². The minimum atomic E-state index is -0.431. The Morgan fingerprint density at radius 2 is 1.75 bits per heavy atom. The zero-order valence-electron chi connectivity index (χ0n) is 13.3. The summed E-state index contributed by atoms with van der Waals surface area (Å²) in [7, 11) is 1.48. The maximum absolute atomic E-state index is 12.1. The molecule has 0 heterocycles. The number of methoxy groups -OCH3 is 1. The van der Waals surface area contributed by atoms with E-state index in [9.17, 15) is 9.59 Å². The summed E-state index contributed by atoms with van der Waals surface area (Å²) in [6.07, 6.45) is 0. The number of para-hydroxylation sites is 1. The molecular weight excluding hydrogens is 326 g/mol. The minimum Gasteiger partial charge on any atom is -0.496 e. The van der Waals surface area contributed by atoms with Gasteiger partial charge < -0.3 is 4.74 Å². The Morgan fingerprint density at radius 3 is 2.46 bits per heavy atom. The van der Waals surface area contributed by atoms with Crippen molar-refractivity contribution in [2.75, 3.05) is 7.11 Å². The average molecular weight is 343 g/mol. The molecule has 0 saturated carbocycles. The molecule has 0 spiro atoms. The van der Waals surface area contributed by atoms with Crippen LogP contribution in [0.3, 0.4) is 0 Å². The number of hydrogen-bond acceptors (Lipinski definition) is 4. The molecule has 2 rings (SSSR count). The van der Waals surface area contributed by atoms with E-state index in [1.165, 1.54) is 7.11 Å². The topological polar surface area (TPSA) is 79.5 Å². The third kappa shape index (κ3) is 4.53. The third-order valence-corrected chi connectivity index (χ3v) is 3.35. The predicted octanol–water partition coefficient (Wildman–Crippen LogP) is 1.95. The maximum atomic E-state index is 12.1. The Kier molecular flexibility index (Phi) is 5.86. The van der Waals surface area contributed by atoms with Gasteiger partial charge in [0.2, 0.25) is 0 Å². The van der Waals surface area contributed by atoms with E-state index in [2.05, 4.69) is 16.2 Å². The highest BCUT2D eigenvalue weighted by Gasteiger charge is 2.12. The Bertz CT molecular complexity index is 777. The molecule has 7 heteroatoms. The molecule has 0 atom stereocenters. The van der Waals surface area contributed by atoms with Gasteiger partial charge in [0.05, 0.1) is 12.7 Å². The van der Waals surface area contributed by atoms with Gasteiger partial charge in [-0.15, -0.1) is 0 Å². The van der Waals surface area contributed by atoms with Crippen molar-refractivity contribution in [1.82, 2.24) is 16.2 Å². The van der Waals surface area contributed by atoms with Crippen molar-refractivity contribution in [3.8, 4) is 5.75 Å². The van der Waals surface area contributed by atoms with E-state index in [0.29, 0.717) is 16.9 Å². The number of benzene rings is 2. The molecule has 0 fully saturated rings. The van der Waals surface area contributed by atoms with E-state index in [0.717, 1.165) is 5.56 Å². The molecule has 0 radical (unpaired) electrons. The Hall–Kier alpha value is -2.93. The maximum Gasteiger partial charge on any atom is 0.273 e. The molecule has 2 aromatic carbocycles. The van der Waals surface area contributed by atoms with Crippen molar-refractivity contribution in [2.45, 2.75) is 6.92 Å². The van der Waals surface area contributed by atoms with Crippen LogP contribution >= 0.6 is 12.2 Å². The van der Waals surface area contributed by atoms with Gasteiger partial charge in [0.1, 0.15) is 5.75 Å². The van der Waals surface area contributed by atoms with E-state index in [4.69, 9.17) is 17.0 Å². The van der Waals surface area contributed by atoms with Crippen LogP contribution in [0.5, 0.6) is 5.75 Å². The van der Waals surface area contributed by atoms with Gasteiger partial charge >= 0.3 is 0 Å². The second kappa shape index (κ2) is 8.07. The summed E-state index contributed by atoms with van der Waals surface area (Å²) in [5.41, 5.74) is 6.70. The van der Waals surface area contributed by atoms with Crippen LogP contribution in [0.15, 0.2) is 48.5 Å². The SMILES string of the molecule is COc1ccccc1C(=O)NNC(=S)NC(=O)c1cccc(C)c1. The summed E-state index contributed by atoms with van der Waals surface area (Å²) in [4.78, 5) is 24.2. The number of aryl methyl sites for hydroxylation is 1. The van der Waals surface area contributed by atoms with Gasteiger partial charge in [-0.05, 0) is 43.4 Å². The van der Waals surface area contributed by atoms with Crippen molar-refractivity contribution in [3.05, 3.63) is 65.2 Å². The lowest BCUT2D eigenvalue weighted by molar-refractivity contribution is 0.0932. The highest BCUT2D eigenvalue weighted by molar-refractivity contribution is 7.80. The summed E-state index contributed by atoms with van der Waals surface area (Å²) >= 11 is 5.00. The van der Waals surface area contributed by atoms with Crippen LogP contribution in [0.4, 0.5) is 0 Å². The summed E-state index contributed by atoms with van der Waals surface area (Å²) in [6.45, 7) is 1.89. The van der Waals surface area contributed by atoms with Crippen molar-refractivity contribution in [3.63, 3.8) is 0 Å². The van der Waals surface area contributed by atoms with Gasteiger partial charge in [0.25, 0.3) is 11.8 Å². The highest BCUT2D eigenvalue weighted by atomic mass is 32.1. The van der Waals surface area contributed by atoms with E-state index in [1.807, 2.05) is 13.0 Å². The number of hydrogen-bond donors (Lipinski definition) is 3. The third-order valence-electron chi connectivity index (χ3n) is 3.15. The number of nitrogens with one attached hydrogen (secondary N) is 3. The molecule has 2 aromatic rings. The van der Waals surface area contributed by atoms with Gasteiger partial charge in [0.15, 0.2) is 5.11 Å². The lowest BCUT2D eigenvalue weighted by Gasteiger charge is -2.12. The summed E-state index contributed by atoms with van der Waals surface area (Å²) < 4.78 is 5.12. The van der Waals surface area contributed by atoms with E-state index in [1.54, 1.807) is 42.5 Å². The van der Waals surface area contributed by atoms with Crippen molar-refractivity contribution in [2.24, 2.45) is 0 Å². The van der Waals surface area contributed by atoms with Crippen LogP contribution in [0.2, 0.25) is 0 Å². The lowest BCUT2D eigenvalue weighted by atomic mass is 10.1. The lowest BCUT2D eigenvalue weighted by Crippen LogP contribution is -2.48. The number of rotatable bonds is 3. The number of hydrazine groups is 1. The fourth-order valence-corrected chi connectivity index (χ4v) is 2.15. The monoisotopic (exact) mass is 343 g/mol. The molecule has 124 valence electrons. The predicted molar refractivity (Wildman–Crippen MR) is 94.8 cm³/mol. The number of thiocarbonyl (C=S) groups is 1. The van der Waals surface area contributed by atoms with Crippen LogP contribution in [0, 0.1) is 6.92 Å². The molecule has 2 amide bonds. The van der Waals surface area contributed by atoms with Gasteiger partial charge in [-0.3, -0.25) is 25.8 Å². The summed E-state index contributed by atoms with van der Waals surface area (Å²) in [5.74, 6) is -0.353. The smallest absolute Gasteiger partial charge is 0.273 e. The van der Waals surface area contributed by atoms with Crippen molar-refractivity contribution >= 4 is 29.1 Å². The van der Waals surface area contributed by atoms with Crippen LogP contribution in [-0.2, 0) is 0 Å². The Morgan fingerprint density at radius 1 is 1.00 bits per heavy atom. The van der Waals surface area contributed by atoms with Gasteiger partial charge in [0, 0.05) is 5.56 Å². The molecule has 24 heavy (non-hydrogen) atoms. The average Bonchev–Trinajstić information content (AvgIpc) is 2.59. The zero-order chi connectivity index (χ0) is 17.5. The first-order chi connectivity index (χ1) is 11.5. The molecular formula is C17H17N3O3S. The van der Waals surface area contributed by atoms with E-state index < -0.39 is 5.91 Å². The molecule has 0 aliphatic rings. The van der Waals surface area contributed by atoms with Crippen molar-refractivity contribution < 1.29 is 14.3 Å². The number of ether oxygens (including phenoxy) is 1. The van der Waals surface area contributed by atoms with E-state index in [-0.39, 0.29) is 11.0 Å². The molecule has 6 nitrogen and oxygen atoms in total. The normalized spacial score (nSPS) is 9.75. The van der Waals surface area contributed by atoms with Gasteiger partial charge in [-0.2, -0.15) is 0 Å². The molecule has 0 unspecified atom stereocenters. The molecule has 0 aromatic heterocycles. The Labute approximate surface area is 145 Å². The quantitative estimate of drug-likeness (QED) is 0.586. The summed E-state index contributed by atoms with van der Waals surface area (Å²) in [5, 5.41) is 2.48. The fourth-order valence-electron chi connectivity index (χ4n) is 2.01. The Balaban J connectivity index is 1.91. The summed E-state index contributed by atoms with van der Waals surface area (Å²) in [6, 6.07) is 13.9. The highest BCUT2D eigenvalue weighted by Crippen LogP contribution is 2.16. The van der Waals surface area contributed by atoms with Gasteiger partial charge in [-0.25, -0.2) is 0 Å². The van der Waals surface area contributed by atoms with Crippen LogP contribution < -0.4 is 20.9 Å². The molecule has 3 N–H and O–H groups in total. The van der Waals surface area contributed by atoms with Crippen LogP contribution in [0.25, 0.3) is 0 Å². The number of amides is 2. The van der Waals surface area contributed by atoms with E-state index >= 15 is 0 Å². The van der Waals surface area contributed by atoms with Crippen molar-refractivity contribution in [1.29, 1.82) is 0 Å². The van der Waals surface area contributed by atoms with Crippen LogP contribution in [-0.4, -0.2) is 24.0 Å². The first kappa shape index (κ1) is 17.4. The second-order valence-electron chi connectivity index (χ2n) is 4.93. The largest absolute Gasteiger partial charge is 0.496 e. The number of carbonyl (C=O) groups is 2. The molecule has 0 aliphatic heterocycles.